The zero-order valence-electron chi connectivity index (χ0n) is 19.9. The molecule has 188 valence electrons. The van der Waals surface area contributed by atoms with Gasteiger partial charge in [0.15, 0.2) is 0 Å². The van der Waals surface area contributed by atoms with Gasteiger partial charge in [0.1, 0.15) is 22.4 Å². The summed E-state index contributed by atoms with van der Waals surface area (Å²) < 4.78 is 6.47. The lowest BCUT2D eigenvalue weighted by atomic mass is 10.1. The summed E-state index contributed by atoms with van der Waals surface area (Å²) in [6.07, 6.45) is 2.53. The van der Waals surface area contributed by atoms with Gasteiger partial charge in [-0.2, -0.15) is 4.98 Å². The van der Waals surface area contributed by atoms with Crippen LogP contribution in [-0.2, 0) is 4.74 Å². The molecule has 3 heterocycles. The Hall–Kier alpha value is -2.44. The summed E-state index contributed by atoms with van der Waals surface area (Å²) >= 11 is 1.57. The number of aliphatic hydroxyl groups excluding tert-OH is 3. The molecule has 2 aliphatic carbocycles. The zero-order valence-corrected chi connectivity index (χ0v) is 20.8. The SMILES string of the molecule is CCOCCNc1nc(C)c(-c2nc3c(C4CC4)nccc3s2)c(N[C@@H]2C[C@H](CO)[C@@H](O)[C@H]2O)n1. The molecule has 4 atom stereocenters. The first-order chi connectivity index (χ1) is 17.0. The third kappa shape index (κ3) is 4.96. The molecule has 2 aliphatic rings. The number of aromatic nitrogens is 4. The first-order valence-electron chi connectivity index (χ1n) is 12.2. The fraction of sp³-hybridized carbons (Fsp3) is 0.583. The number of nitrogens with one attached hydrogen (secondary N) is 2. The van der Waals surface area contributed by atoms with E-state index in [9.17, 15) is 15.3 Å². The summed E-state index contributed by atoms with van der Waals surface area (Å²) in [4.78, 5) is 19.0. The predicted molar refractivity (Wildman–Crippen MR) is 135 cm³/mol. The summed E-state index contributed by atoms with van der Waals surface area (Å²) in [6.45, 7) is 5.39. The van der Waals surface area contributed by atoms with E-state index in [0.29, 0.717) is 43.9 Å². The number of nitrogens with zero attached hydrogens (tertiary/aromatic N) is 4. The smallest absolute Gasteiger partial charge is 0.224 e. The van der Waals surface area contributed by atoms with E-state index in [-0.39, 0.29) is 6.61 Å². The van der Waals surface area contributed by atoms with Gasteiger partial charge in [0.25, 0.3) is 0 Å². The van der Waals surface area contributed by atoms with Crippen LogP contribution in [0.4, 0.5) is 11.8 Å². The Morgan fingerprint density at radius 1 is 1.17 bits per heavy atom. The molecule has 3 aromatic rings. The summed E-state index contributed by atoms with van der Waals surface area (Å²) in [5, 5.41) is 37.9. The van der Waals surface area contributed by atoms with Gasteiger partial charge >= 0.3 is 0 Å². The van der Waals surface area contributed by atoms with E-state index in [1.807, 2.05) is 26.1 Å². The lowest BCUT2D eigenvalue weighted by Crippen LogP contribution is -2.35. The Bertz CT molecular complexity index is 1190. The van der Waals surface area contributed by atoms with Crippen LogP contribution in [0.1, 0.15) is 43.5 Å². The molecule has 2 fully saturated rings. The molecule has 0 saturated heterocycles. The molecule has 3 aromatic heterocycles. The van der Waals surface area contributed by atoms with Gasteiger partial charge in [-0.15, -0.1) is 11.3 Å². The van der Waals surface area contributed by atoms with Crippen molar-refractivity contribution in [3.63, 3.8) is 0 Å². The lowest BCUT2D eigenvalue weighted by Gasteiger charge is -2.21. The molecular weight excluding hydrogens is 468 g/mol. The molecule has 10 nitrogen and oxygen atoms in total. The van der Waals surface area contributed by atoms with Crippen molar-refractivity contribution in [2.24, 2.45) is 5.92 Å². The first-order valence-corrected chi connectivity index (χ1v) is 13.0. The second-order valence-corrected chi connectivity index (χ2v) is 10.3. The highest BCUT2D eigenvalue weighted by Gasteiger charge is 2.41. The summed E-state index contributed by atoms with van der Waals surface area (Å²) in [6, 6.07) is 1.52. The minimum Gasteiger partial charge on any atom is -0.396 e. The highest BCUT2D eigenvalue weighted by molar-refractivity contribution is 7.21. The number of rotatable bonds is 10. The standard InChI is InChI=1S/C24H32N6O4S/c1-3-34-9-8-26-24-27-12(2)17(22(30-24)28-15-10-14(11-31)20(32)21(15)33)23-29-19-16(35-23)6-7-25-18(19)13-4-5-13/h6-7,13-15,20-21,31-33H,3-5,8-11H2,1-2H3,(H2,26,27,28,30)/t14-,15-,20-,21+/m1/s1. The second kappa shape index (κ2) is 10.3. The Morgan fingerprint density at radius 2 is 2.00 bits per heavy atom. The number of aryl methyl sites for hydroxylation is 1. The van der Waals surface area contributed by atoms with Gasteiger partial charge in [-0.25, -0.2) is 9.97 Å². The number of aliphatic hydroxyl groups is 3. The van der Waals surface area contributed by atoms with Crippen molar-refractivity contribution in [1.82, 2.24) is 19.9 Å². The van der Waals surface area contributed by atoms with E-state index in [1.165, 1.54) is 0 Å². The third-order valence-corrected chi connectivity index (χ3v) is 7.73. The third-order valence-electron chi connectivity index (χ3n) is 6.70. The van der Waals surface area contributed by atoms with Crippen LogP contribution in [0.25, 0.3) is 20.8 Å². The van der Waals surface area contributed by atoms with Crippen LogP contribution in [0.5, 0.6) is 0 Å². The molecule has 0 amide bonds. The Labute approximate surface area is 207 Å². The fourth-order valence-electron chi connectivity index (χ4n) is 4.65. The highest BCUT2D eigenvalue weighted by Crippen LogP contribution is 2.44. The van der Waals surface area contributed by atoms with Crippen LogP contribution in [-0.4, -0.2) is 79.9 Å². The molecule has 0 aromatic carbocycles. The van der Waals surface area contributed by atoms with Crippen LogP contribution in [0, 0.1) is 12.8 Å². The van der Waals surface area contributed by atoms with Crippen molar-refractivity contribution in [3.8, 4) is 10.6 Å². The molecule has 0 aliphatic heterocycles. The Morgan fingerprint density at radius 3 is 2.71 bits per heavy atom. The van der Waals surface area contributed by atoms with Crippen molar-refractivity contribution in [1.29, 1.82) is 0 Å². The molecule has 5 rings (SSSR count). The van der Waals surface area contributed by atoms with E-state index in [0.717, 1.165) is 45.0 Å². The fourth-order valence-corrected chi connectivity index (χ4v) is 5.72. The van der Waals surface area contributed by atoms with Gasteiger partial charge in [0.2, 0.25) is 5.95 Å². The van der Waals surface area contributed by atoms with Gasteiger partial charge in [0, 0.05) is 37.8 Å². The molecule has 0 radical (unpaired) electrons. The van der Waals surface area contributed by atoms with Gasteiger partial charge in [0.05, 0.1) is 40.4 Å². The maximum Gasteiger partial charge on any atom is 0.224 e. The van der Waals surface area contributed by atoms with E-state index in [1.54, 1.807) is 11.3 Å². The van der Waals surface area contributed by atoms with Gasteiger partial charge in [-0.05, 0) is 39.2 Å². The van der Waals surface area contributed by atoms with Crippen LogP contribution >= 0.6 is 11.3 Å². The Kier molecular flexibility index (Phi) is 7.12. The Balaban J connectivity index is 1.52. The summed E-state index contributed by atoms with van der Waals surface area (Å²) in [5.74, 6) is 1.06. The topological polar surface area (TPSA) is 146 Å². The minimum atomic E-state index is -1.02. The van der Waals surface area contributed by atoms with Crippen LogP contribution in [0.3, 0.4) is 0 Å². The second-order valence-electron chi connectivity index (χ2n) is 9.23. The quantitative estimate of drug-likeness (QED) is 0.263. The number of fused-ring (bicyclic) bond motifs is 1. The monoisotopic (exact) mass is 500 g/mol. The molecule has 5 N–H and O–H groups in total. The number of pyridine rings is 1. The zero-order chi connectivity index (χ0) is 24.5. The molecule has 0 bridgehead atoms. The van der Waals surface area contributed by atoms with Crippen LogP contribution < -0.4 is 10.6 Å². The molecular formula is C24H32N6O4S. The minimum absolute atomic E-state index is 0.189. The van der Waals surface area contributed by atoms with Gasteiger partial charge in [-0.3, -0.25) is 4.98 Å². The normalized spacial score (nSPS) is 24.3. The number of anilines is 2. The lowest BCUT2D eigenvalue weighted by molar-refractivity contribution is 0.00446. The summed E-state index contributed by atoms with van der Waals surface area (Å²) in [5.41, 5.74) is 3.48. The largest absolute Gasteiger partial charge is 0.396 e. The molecule has 35 heavy (non-hydrogen) atoms. The van der Waals surface area contributed by atoms with Crippen molar-refractivity contribution in [2.75, 3.05) is 37.0 Å². The number of thiazole rings is 1. The number of hydrogen-bond acceptors (Lipinski definition) is 11. The maximum absolute atomic E-state index is 10.6. The number of hydrogen-bond donors (Lipinski definition) is 5. The summed E-state index contributed by atoms with van der Waals surface area (Å²) in [7, 11) is 0. The van der Waals surface area contributed by atoms with Crippen molar-refractivity contribution >= 4 is 33.3 Å². The van der Waals surface area contributed by atoms with Crippen molar-refractivity contribution in [3.05, 3.63) is 23.7 Å². The average Bonchev–Trinajstić information content (AvgIpc) is 3.55. The first kappa shape index (κ1) is 24.3. The van der Waals surface area contributed by atoms with Gasteiger partial charge in [-0.1, -0.05) is 0 Å². The van der Waals surface area contributed by atoms with Crippen molar-refractivity contribution in [2.45, 2.75) is 57.3 Å². The van der Waals surface area contributed by atoms with E-state index in [4.69, 9.17) is 14.7 Å². The van der Waals surface area contributed by atoms with E-state index < -0.39 is 24.2 Å². The van der Waals surface area contributed by atoms with Crippen LogP contribution in [0.2, 0.25) is 0 Å². The van der Waals surface area contributed by atoms with Crippen molar-refractivity contribution < 1.29 is 20.1 Å². The molecule has 0 unspecified atom stereocenters. The molecule has 0 spiro atoms. The molecule has 11 heteroatoms. The predicted octanol–water partition coefficient (Wildman–Crippen LogP) is 2.30. The van der Waals surface area contributed by atoms with Crippen LogP contribution in [0.15, 0.2) is 12.3 Å². The average molecular weight is 501 g/mol. The molecule has 2 saturated carbocycles. The van der Waals surface area contributed by atoms with E-state index in [2.05, 4.69) is 20.6 Å². The highest BCUT2D eigenvalue weighted by atomic mass is 32.1. The number of ether oxygens (including phenoxy) is 1. The van der Waals surface area contributed by atoms with E-state index >= 15 is 0 Å². The maximum atomic E-state index is 10.6. The van der Waals surface area contributed by atoms with Gasteiger partial charge < -0.3 is 30.7 Å².